The number of amides is 6. The second kappa shape index (κ2) is 27.4. The summed E-state index contributed by atoms with van der Waals surface area (Å²) in [6, 6.07) is 3.70. The average Bonchev–Trinajstić information content (AvgIpc) is 3.83. The maximum atomic E-state index is 14.5. The van der Waals surface area contributed by atoms with Gasteiger partial charge in [-0.25, -0.2) is 4.79 Å². The molecule has 1 fully saturated rings. The summed E-state index contributed by atoms with van der Waals surface area (Å²) in [7, 11) is 0. The van der Waals surface area contributed by atoms with E-state index in [9.17, 15) is 63.8 Å². The second-order valence-corrected chi connectivity index (χ2v) is 16.8. The number of nitrogens with zero attached hydrogens (tertiary/aromatic N) is 2. The zero-order chi connectivity index (χ0) is 50.5. The van der Waals surface area contributed by atoms with Crippen LogP contribution in [-0.4, -0.2) is 135 Å². The van der Waals surface area contributed by atoms with Gasteiger partial charge in [0, 0.05) is 37.9 Å². The number of nitrogens with one attached hydrogen (secondary N) is 7. The predicted molar refractivity (Wildman–Crippen MR) is 245 cm³/mol. The van der Waals surface area contributed by atoms with Crippen molar-refractivity contribution in [2.75, 3.05) is 13.1 Å². The number of hydrogen-bond acceptors (Lipinski definition) is 13. The maximum absolute atomic E-state index is 14.5. The Balaban J connectivity index is 2.01. The number of carboxylic acid groups (broad SMARTS) is 2. The Morgan fingerprint density at radius 1 is 0.735 bits per heavy atom. The number of carboxylic acids is 2. The van der Waals surface area contributed by atoms with E-state index in [0.717, 1.165) is 0 Å². The Labute approximate surface area is 392 Å². The van der Waals surface area contributed by atoms with Crippen LogP contribution in [0.2, 0.25) is 0 Å². The largest absolute Gasteiger partial charge is 0.481 e. The molecule has 3 rings (SSSR count). The van der Waals surface area contributed by atoms with Gasteiger partial charge in [-0.15, -0.1) is 0 Å². The quantitative estimate of drug-likeness (QED) is 0.0151. The van der Waals surface area contributed by atoms with Crippen LogP contribution in [-0.2, 0) is 51.2 Å². The Hall–Kier alpha value is -7.21. The molecule has 1 heterocycles. The van der Waals surface area contributed by atoms with Crippen LogP contribution in [0.25, 0.3) is 0 Å². The highest BCUT2D eigenvalue weighted by Gasteiger charge is 2.36. The van der Waals surface area contributed by atoms with Gasteiger partial charge in [0.1, 0.15) is 36.3 Å². The number of nitro benzene ring substituents is 1. The Morgan fingerprint density at radius 3 is 1.74 bits per heavy atom. The van der Waals surface area contributed by atoms with Crippen molar-refractivity contribution in [2.24, 2.45) is 22.4 Å². The number of aliphatic carboxylic acids is 2. The molecule has 0 spiro atoms. The van der Waals surface area contributed by atoms with E-state index >= 15 is 0 Å². The molecule has 2 aromatic rings. The standard InChI is InChI=1S/C44H63N11O13/c1-24(2)21-34(43(65)66)53-38(60)30(12-8-20-48-44(45)46)49-40(62)33(23-27-13-15-28(16-14-27)55(67)68)52-41(63)32(22-26-9-5-4-6-10-26)51-39(61)31(17-18-35(57)58)50-42(64)36(25(3)56)54-37(59)29-11-7-19-47-29/h4-6,9-10,13-16,24-25,29-34,36,47,56H,7-8,11-12,17-23H2,1-3H3,(H,49,62)(H,50,64)(H,51,61)(H,52,63)(H,53,60)(H,54,59)(H,57,58)(H,65,66)(H4,45,46,48)/t25-,29-,30-,31-,32-,33-,34-,36-/m0/s1. The van der Waals surface area contributed by atoms with Crippen molar-refractivity contribution in [3.63, 3.8) is 0 Å². The number of nitro groups is 1. The zero-order valence-electron chi connectivity index (χ0n) is 38.1. The number of aliphatic hydroxyl groups is 1. The van der Waals surface area contributed by atoms with E-state index in [0.29, 0.717) is 30.5 Å². The lowest BCUT2D eigenvalue weighted by atomic mass is 10.0. The van der Waals surface area contributed by atoms with Gasteiger partial charge in [0.2, 0.25) is 35.4 Å². The molecule has 1 saturated heterocycles. The third-order valence-corrected chi connectivity index (χ3v) is 10.8. The number of carbonyl (C=O) groups excluding carboxylic acids is 6. The van der Waals surface area contributed by atoms with E-state index in [4.69, 9.17) is 11.5 Å². The summed E-state index contributed by atoms with van der Waals surface area (Å²) in [5.41, 5.74) is 11.5. The number of non-ortho nitro benzene ring substituents is 1. The predicted octanol–water partition coefficient (Wildman–Crippen LogP) is -1.53. The SMILES string of the molecule is CC(C)C[C@H](NC(=O)[C@H](CCCN=C(N)N)NC(=O)[C@H](Cc1ccc([N+](=O)[O-])cc1)NC(=O)[C@H](Cc1ccccc1)NC(=O)[C@H](CCC(=O)O)NC(=O)[C@@H](NC(=O)[C@@H]1CCCN1)[C@H](C)O)C(=O)O. The molecular weight excluding hydrogens is 891 g/mol. The maximum Gasteiger partial charge on any atom is 0.326 e. The molecule has 24 nitrogen and oxygen atoms in total. The van der Waals surface area contributed by atoms with Gasteiger partial charge in [-0.1, -0.05) is 56.3 Å². The van der Waals surface area contributed by atoms with Crippen molar-refractivity contribution >= 4 is 59.0 Å². The fourth-order valence-corrected chi connectivity index (χ4v) is 7.18. The van der Waals surface area contributed by atoms with Crippen LogP contribution in [0.1, 0.15) is 76.8 Å². The van der Waals surface area contributed by atoms with E-state index in [1.54, 1.807) is 44.2 Å². The van der Waals surface area contributed by atoms with Gasteiger partial charge in [0.05, 0.1) is 17.1 Å². The van der Waals surface area contributed by atoms with Crippen molar-refractivity contribution in [3.8, 4) is 0 Å². The number of benzene rings is 2. The zero-order valence-corrected chi connectivity index (χ0v) is 38.1. The lowest BCUT2D eigenvalue weighted by molar-refractivity contribution is -0.384. The first-order valence-corrected chi connectivity index (χ1v) is 22.2. The van der Waals surface area contributed by atoms with Gasteiger partial charge in [0.25, 0.3) is 5.69 Å². The summed E-state index contributed by atoms with van der Waals surface area (Å²) in [6.45, 7) is 5.34. The van der Waals surface area contributed by atoms with Crippen molar-refractivity contribution in [1.82, 2.24) is 37.2 Å². The monoisotopic (exact) mass is 953 g/mol. The van der Waals surface area contributed by atoms with Gasteiger partial charge >= 0.3 is 11.9 Å². The summed E-state index contributed by atoms with van der Waals surface area (Å²) < 4.78 is 0. The molecule has 0 radical (unpaired) electrons. The van der Waals surface area contributed by atoms with E-state index in [1.807, 2.05) is 0 Å². The highest BCUT2D eigenvalue weighted by atomic mass is 16.6. The molecule has 6 amide bonds. The smallest absolute Gasteiger partial charge is 0.326 e. The minimum atomic E-state index is -1.63. The lowest BCUT2D eigenvalue weighted by Gasteiger charge is -2.28. The first kappa shape index (κ1) is 55.1. The molecule has 0 saturated carbocycles. The summed E-state index contributed by atoms with van der Waals surface area (Å²) in [5.74, 6) is -8.44. The molecule has 0 aliphatic carbocycles. The molecule has 1 aliphatic heterocycles. The van der Waals surface area contributed by atoms with Gasteiger partial charge < -0.3 is 64.0 Å². The summed E-state index contributed by atoms with van der Waals surface area (Å²) >= 11 is 0. The molecule has 0 unspecified atom stereocenters. The van der Waals surface area contributed by atoms with Crippen molar-refractivity contribution in [3.05, 3.63) is 75.8 Å². The molecule has 0 bridgehead atoms. The molecule has 0 aromatic heterocycles. The third kappa shape index (κ3) is 18.9. The Kier molecular flexibility index (Phi) is 22.2. The third-order valence-electron chi connectivity index (χ3n) is 10.8. The topological polar surface area (TPSA) is 389 Å². The highest BCUT2D eigenvalue weighted by Crippen LogP contribution is 2.15. The van der Waals surface area contributed by atoms with Crippen LogP contribution < -0.4 is 48.7 Å². The number of rotatable bonds is 28. The van der Waals surface area contributed by atoms with Crippen LogP contribution in [0.15, 0.2) is 59.6 Å². The molecule has 1 aliphatic rings. The number of nitrogens with two attached hydrogens (primary N) is 2. The van der Waals surface area contributed by atoms with Gasteiger partial charge in [0.15, 0.2) is 5.96 Å². The number of carbonyl (C=O) groups is 8. The first-order valence-electron chi connectivity index (χ1n) is 22.2. The number of aliphatic hydroxyl groups excluding tert-OH is 1. The van der Waals surface area contributed by atoms with Gasteiger partial charge in [-0.2, -0.15) is 0 Å². The fourth-order valence-electron chi connectivity index (χ4n) is 7.18. The van der Waals surface area contributed by atoms with E-state index in [2.05, 4.69) is 42.2 Å². The number of hydrogen-bond donors (Lipinski definition) is 12. The van der Waals surface area contributed by atoms with E-state index in [1.165, 1.54) is 31.2 Å². The molecular formula is C44H63N11O13. The Morgan fingerprint density at radius 2 is 1.25 bits per heavy atom. The highest BCUT2D eigenvalue weighted by molar-refractivity contribution is 5.97. The van der Waals surface area contributed by atoms with E-state index in [-0.39, 0.29) is 56.2 Å². The molecule has 372 valence electrons. The molecule has 14 N–H and O–H groups in total. The van der Waals surface area contributed by atoms with Crippen LogP contribution in [0, 0.1) is 16.0 Å². The van der Waals surface area contributed by atoms with E-state index < -0.39 is 114 Å². The minimum Gasteiger partial charge on any atom is -0.481 e. The Bertz CT molecular complexity index is 2090. The fraction of sp³-hybridized carbons (Fsp3) is 0.523. The summed E-state index contributed by atoms with van der Waals surface area (Å²) in [5, 5.41) is 59.3. The summed E-state index contributed by atoms with van der Waals surface area (Å²) in [4.78, 5) is 121. The molecule has 68 heavy (non-hydrogen) atoms. The molecule has 2 aromatic carbocycles. The van der Waals surface area contributed by atoms with Gasteiger partial charge in [-0.3, -0.25) is 48.7 Å². The van der Waals surface area contributed by atoms with Crippen molar-refractivity contribution in [2.45, 2.75) is 127 Å². The van der Waals surface area contributed by atoms with Crippen molar-refractivity contribution in [1.29, 1.82) is 0 Å². The van der Waals surface area contributed by atoms with Gasteiger partial charge in [-0.05, 0) is 69.0 Å². The molecule has 8 atom stereocenters. The first-order chi connectivity index (χ1) is 32.1. The summed E-state index contributed by atoms with van der Waals surface area (Å²) in [6.07, 6.45) is -1.85. The number of guanidine groups is 1. The van der Waals surface area contributed by atoms with Crippen LogP contribution in [0.5, 0.6) is 0 Å². The average molecular weight is 954 g/mol. The second-order valence-electron chi connectivity index (χ2n) is 16.8. The van der Waals surface area contributed by atoms with Crippen LogP contribution in [0.4, 0.5) is 5.69 Å². The number of aliphatic imine (C=N–C) groups is 1. The van der Waals surface area contributed by atoms with Crippen LogP contribution in [0.3, 0.4) is 0 Å². The van der Waals surface area contributed by atoms with Crippen molar-refractivity contribution < 1.29 is 58.6 Å². The normalized spacial score (nSPS) is 16.3. The molecule has 24 heteroatoms. The lowest BCUT2D eigenvalue weighted by Crippen LogP contribution is -2.61. The van der Waals surface area contributed by atoms with Crippen LogP contribution >= 0.6 is 0 Å². The minimum absolute atomic E-state index is 0.0281.